The lowest BCUT2D eigenvalue weighted by molar-refractivity contribution is -0.132. The average molecular weight is 310 g/mol. The molecule has 1 aliphatic rings. The highest BCUT2D eigenvalue weighted by molar-refractivity contribution is 9.10. The van der Waals surface area contributed by atoms with Gasteiger partial charge in [-0.25, -0.2) is 0 Å². The van der Waals surface area contributed by atoms with E-state index in [-0.39, 0.29) is 17.2 Å². The molecule has 0 N–H and O–H groups in total. The van der Waals surface area contributed by atoms with Crippen molar-refractivity contribution in [1.29, 1.82) is 0 Å². The Labute approximate surface area is 115 Å². The maximum Gasteiger partial charge on any atom is 0.234 e. The van der Waals surface area contributed by atoms with E-state index >= 15 is 0 Å². The summed E-state index contributed by atoms with van der Waals surface area (Å²) in [5.41, 5.74) is 1.45. The van der Waals surface area contributed by atoms with E-state index in [0.717, 1.165) is 10.0 Å². The molecule has 1 saturated heterocycles. The van der Waals surface area contributed by atoms with Crippen molar-refractivity contribution in [3.8, 4) is 0 Å². The number of anilines is 1. The van der Waals surface area contributed by atoms with Gasteiger partial charge < -0.3 is 0 Å². The quantitative estimate of drug-likeness (QED) is 0.745. The fourth-order valence-corrected chi connectivity index (χ4v) is 2.48. The van der Waals surface area contributed by atoms with Crippen LogP contribution >= 0.6 is 15.9 Å². The van der Waals surface area contributed by atoms with Crippen LogP contribution in [0.25, 0.3) is 0 Å². The fourth-order valence-electron chi connectivity index (χ4n) is 2.23. The summed E-state index contributed by atoms with van der Waals surface area (Å²) in [6, 6.07) is 5.52. The van der Waals surface area contributed by atoms with Crippen molar-refractivity contribution in [2.24, 2.45) is 5.41 Å². The van der Waals surface area contributed by atoms with Gasteiger partial charge in [-0.2, -0.15) is 0 Å². The second-order valence-electron chi connectivity index (χ2n) is 5.57. The molecule has 1 aromatic rings. The summed E-state index contributed by atoms with van der Waals surface area (Å²) in [6.07, 6.45) is 0.821. The number of imide groups is 1. The van der Waals surface area contributed by atoms with Crippen LogP contribution in [0.1, 0.15) is 32.3 Å². The summed E-state index contributed by atoms with van der Waals surface area (Å²) in [6.45, 7) is 5.84. The van der Waals surface area contributed by atoms with Crippen LogP contribution in [-0.2, 0) is 9.59 Å². The minimum atomic E-state index is -0.227. The van der Waals surface area contributed by atoms with Gasteiger partial charge in [-0.15, -0.1) is 0 Å². The number of hydrogen-bond donors (Lipinski definition) is 0. The molecule has 0 radical (unpaired) electrons. The minimum absolute atomic E-state index is 0.113. The second kappa shape index (κ2) is 4.50. The molecule has 2 amide bonds. The lowest BCUT2D eigenvalue weighted by Crippen LogP contribution is -2.46. The highest BCUT2D eigenvalue weighted by atomic mass is 79.9. The first-order valence-corrected chi connectivity index (χ1v) is 6.71. The Morgan fingerprint density at radius 3 is 2.22 bits per heavy atom. The number of piperidine rings is 1. The number of aryl methyl sites for hydroxylation is 1. The molecule has 0 atom stereocenters. The van der Waals surface area contributed by atoms with Gasteiger partial charge in [-0.1, -0.05) is 29.8 Å². The predicted molar refractivity (Wildman–Crippen MR) is 74.4 cm³/mol. The number of halogens is 1. The molecule has 0 unspecified atom stereocenters. The molecular formula is C14H16BrNO2. The maximum absolute atomic E-state index is 12.1. The number of benzene rings is 1. The molecule has 1 fully saturated rings. The average Bonchev–Trinajstić information content (AvgIpc) is 2.20. The Hall–Kier alpha value is -1.16. The molecule has 18 heavy (non-hydrogen) atoms. The number of nitrogens with zero attached hydrogens (tertiary/aromatic N) is 1. The molecule has 1 aromatic carbocycles. The molecule has 0 spiro atoms. The number of carbonyl (C=O) groups is 2. The van der Waals surface area contributed by atoms with Gasteiger partial charge in [0.15, 0.2) is 0 Å². The van der Waals surface area contributed by atoms with Crippen LogP contribution in [0.2, 0.25) is 0 Å². The molecule has 0 aliphatic carbocycles. The van der Waals surface area contributed by atoms with Crippen LogP contribution in [0.3, 0.4) is 0 Å². The van der Waals surface area contributed by atoms with Crippen molar-refractivity contribution < 1.29 is 9.59 Å². The van der Waals surface area contributed by atoms with E-state index < -0.39 is 0 Å². The zero-order valence-electron chi connectivity index (χ0n) is 10.8. The summed E-state index contributed by atoms with van der Waals surface area (Å²) in [4.78, 5) is 25.5. The van der Waals surface area contributed by atoms with Gasteiger partial charge in [0.05, 0.1) is 5.69 Å². The number of rotatable bonds is 1. The maximum atomic E-state index is 12.1. The van der Waals surface area contributed by atoms with Crippen molar-refractivity contribution >= 4 is 33.4 Å². The van der Waals surface area contributed by atoms with Gasteiger partial charge >= 0.3 is 0 Å². The largest absolute Gasteiger partial charge is 0.274 e. The molecular weight excluding hydrogens is 294 g/mol. The van der Waals surface area contributed by atoms with E-state index in [4.69, 9.17) is 0 Å². The van der Waals surface area contributed by atoms with E-state index in [1.165, 1.54) is 4.90 Å². The lowest BCUT2D eigenvalue weighted by Gasteiger charge is -2.34. The summed E-state index contributed by atoms with van der Waals surface area (Å²) in [5, 5.41) is 0. The normalized spacial score (nSPS) is 19.2. The van der Waals surface area contributed by atoms with Crippen molar-refractivity contribution in [1.82, 2.24) is 0 Å². The first-order chi connectivity index (χ1) is 8.30. The third kappa shape index (κ3) is 2.48. The van der Waals surface area contributed by atoms with Gasteiger partial charge in [-0.3, -0.25) is 14.5 Å². The van der Waals surface area contributed by atoms with E-state index in [0.29, 0.717) is 18.5 Å². The molecule has 4 heteroatoms. The van der Waals surface area contributed by atoms with Crippen LogP contribution in [-0.4, -0.2) is 11.8 Å². The van der Waals surface area contributed by atoms with Crippen molar-refractivity contribution in [2.75, 3.05) is 4.90 Å². The smallest absolute Gasteiger partial charge is 0.234 e. The van der Waals surface area contributed by atoms with E-state index in [9.17, 15) is 9.59 Å². The topological polar surface area (TPSA) is 37.4 Å². The lowest BCUT2D eigenvalue weighted by atomic mass is 9.81. The Balaban J connectivity index is 2.36. The second-order valence-corrected chi connectivity index (χ2v) is 6.43. The van der Waals surface area contributed by atoms with Gasteiger partial charge in [0.1, 0.15) is 0 Å². The highest BCUT2D eigenvalue weighted by Crippen LogP contribution is 2.34. The van der Waals surface area contributed by atoms with E-state index in [1.807, 2.05) is 32.9 Å². The predicted octanol–water partition coefficient (Wildman–Crippen LogP) is 3.44. The number of hydrogen-bond acceptors (Lipinski definition) is 2. The molecule has 2 rings (SSSR count). The zero-order chi connectivity index (χ0) is 13.5. The molecule has 1 aliphatic heterocycles. The third-order valence-electron chi connectivity index (χ3n) is 3.16. The molecule has 0 saturated carbocycles. The van der Waals surface area contributed by atoms with E-state index in [2.05, 4.69) is 15.9 Å². The first-order valence-electron chi connectivity index (χ1n) is 5.92. The summed E-state index contributed by atoms with van der Waals surface area (Å²) >= 11 is 3.41. The van der Waals surface area contributed by atoms with Gasteiger partial charge in [-0.05, 0) is 36.1 Å². The molecule has 0 aromatic heterocycles. The van der Waals surface area contributed by atoms with Crippen molar-refractivity contribution in [3.63, 3.8) is 0 Å². The molecule has 1 heterocycles. The Bertz CT molecular complexity index is 503. The standard InChI is InChI=1S/C14H16BrNO2/c1-9-6-10(4-5-11(9)15)16-12(17)7-14(2,3)8-13(16)18/h4-6H,7-8H2,1-3H3. The van der Waals surface area contributed by atoms with Crippen LogP contribution in [0, 0.1) is 12.3 Å². The number of amides is 2. The Morgan fingerprint density at radius 1 is 1.17 bits per heavy atom. The van der Waals surface area contributed by atoms with Crippen LogP contribution < -0.4 is 4.90 Å². The van der Waals surface area contributed by atoms with E-state index in [1.54, 1.807) is 6.07 Å². The van der Waals surface area contributed by atoms with Crippen LogP contribution in [0.4, 0.5) is 5.69 Å². The minimum Gasteiger partial charge on any atom is -0.274 e. The number of carbonyl (C=O) groups excluding carboxylic acids is 2. The van der Waals surface area contributed by atoms with Gasteiger partial charge in [0.25, 0.3) is 0 Å². The monoisotopic (exact) mass is 309 g/mol. The van der Waals surface area contributed by atoms with Crippen molar-refractivity contribution in [3.05, 3.63) is 28.2 Å². The van der Waals surface area contributed by atoms with Gasteiger partial charge in [0, 0.05) is 17.3 Å². The van der Waals surface area contributed by atoms with Gasteiger partial charge in [0.2, 0.25) is 11.8 Å². The van der Waals surface area contributed by atoms with Crippen molar-refractivity contribution in [2.45, 2.75) is 33.6 Å². The zero-order valence-corrected chi connectivity index (χ0v) is 12.4. The highest BCUT2D eigenvalue weighted by Gasteiger charge is 2.38. The van der Waals surface area contributed by atoms with Crippen LogP contribution in [0.5, 0.6) is 0 Å². The molecule has 96 valence electrons. The first kappa shape index (κ1) is 13.3. The fraction of sp³-hybridized carbons (Fsp3) is 0.429. The molecule has 3 nitrogen and oxygen atoms in total. The SMILES string of the molecule is Cc1cc(N2C(=O)CC(C)(C)CC2=O)ccc1Br. The summed E-state index contributed by atoms with van der Waals surface area (Å²) < 4.78 is 0.975. The van der Waals surface area contributed by atoms with Crippen LogP contribution in [0.15, 0.2) is 22.7 Å². The Morgan fingerprint density at radius 2 is 1.72 bits per heavy atom. The third-order valence-corrected chi connectivity index (χ3v) is 4.05. The molecule has 0 bridgehead atoms. The summed E-state index contributed by atoms with van der Waals surface area (Å²) in [5.74, 6) is -0.226. The Kier molecular flexibility index (Phi) is 3.32. The summed E-state index contributed by atoms with van der Waals surface area (Å²) in [7, 11) is 0.